The van der Waals surface area contributed by atoms with Crippen LogP contribution in [0.3, 0.4) is 0 Å². The fourth-order valence-electron chi connectivity index (χ4n) is 4.17. The fourth-order valence-corrected chi connectivity index (χ4v) is 4.91. The SMILES string of the molecule is O=C(OCc1cc(=O)n2ccsc2n1)C1(c2ccc3c(c2)OCCO3)CCCC1. The first-order valence-corrected chi connectivity index (χ1v) is 10.6. The van der Waals surface area contributed by atoms with Gasteiger partial charge < -0.3 is 14.2 Å². The molecule has 1 aliphatic carbocycles. The number of carbonyl (C=O) groups is 1. The summed E-state index contributed by atoms with van der Waals surface area (Å²) in [5, 5.41) is 1.80. The van der Waals surface area contributed by atoms with Crippen molar-refractivity contribution in [3.8, 4) is 11.5 Å². The molecule has 0 bridgehead atoms. The lowest BCUT2D eigenvalue weighted by atomic mass is 9.78. The van der Waals surface area contributed by atoms with Crippen molar-refractivity contribution in [1.82, 2.24) is 9.38 Å². The molecule has 5 rings (SSSR count). The Balaban J connectivity index is 1.40. The second kappa shape index (κ2) is 7.18. The van der Waals surface area contributed by atoms with E-state index in [4.69, 9.17) is 14.2 Å². The molecule has 7 nitrogen and oxygen atoms in total. The monoisotopic (exact) mass is 412 g/mol. The summed E-state index contributed by atoms with van der Waals surface area (Å²) in [6, 6.07) is 7.12. The molecule has 150 valence electrons. The number of fused-ring (bicyclic) bond motifs is 2. The van der Waals surface area contributed by atoms with Gasteiger partial charge in [-0.05, 0) is 30.5 Å². The number of esters is 1. The van der Waals surface area contributed by atoms with Gasteiger partial charge in [0, 0.05) is 17.6 Å². The minimum Gasteiger partial charge on any atom is -0.486 e. The number of aromatic nitrogens is 2. The number of rotatable bonds is 4. The molecule has 0 unspecified atom stereocenters. The van der Waals surface area contributed by atoms with E-state index in [0.717, 1.165) is 31.2 Å². The summed E-state index contributed by atoms with van der Waals surface area (Å²) in [6.07, 6.45) is 5.06. The van der Waals surface area contributed by atoms with E-state index in [1.54, 1.807) is 11.6 Å². The van der Waals surface area contributed by atoms with Gasteiger partial charge in [0.15, 0.2) is 16.5 Å². The van der Waals surface area contributed by atoms with Crippen LogP contribution in [0, 0.1) is 0 Å². The number of hydrogen-bond acceptors (Lipinski definition) is 7. The van der Waals surface area contributed by atoms with Crippen LogP contribution in [0.1, 0.15) is 36.9 Å². The van der Waals surface area contributed by atoms with Crippen LogP contribution in [0.2, 0.25) is 0 Å². The Kier molecular flexibility index (Phi) is 4.50. The van der Waals surface area contributed by atoms with Gasteiger partial charge in [0.2, 0.25) is 0 Å². The minimum absolute atomic E-state index is 0.0191. The molecule has 3 aromatic rings. The zero-order chi connectivity index (χ0) is 19.8. The summed E-state index contributed by atoms with van der Waals surface area (Å²) < 4.78 is 18.5. The number of nitrogens with zero attached hydrogens (tertiary/aromatic N) is 2. The Bertz CT molecular complexity index is 1130. The molecular formula is C21H20N2O5S. The first-order chi connectivity index (χ1) is 14.2. The topological polar surface area (TPSA) is 79.1 Å². The molecule has 29 heavy (non-hydrogen) atoms. The van der Waals surface area contributed by atoms with Crippen LogP contribution in [0.5, 0.6) is 11.5 Å². The average Bonchev–Trinajstić information content (AvgIpc) is 3.42. The molecule has 1 saturated carbocycles. The Morgan fingerprint density at radius 1 is 1.17 bits per heavy atom. The van der Waals surface area contributed by atoms with E-state index < -0.39 is 5.41 Å². The van der Waals surface area contributed by atoms with Crippen molar-refractivity contribution in [3.05, 3.63) is 57.5 Å². The van der Waals surface area contributed by atoms with Crippen LogP contribution >= 0.6 is 11.3 Å². The molecule has 1 aliphatic heterocycles. The number of ether oxygens (including phenoxy) is 3. The maximum absolute atomic E-state index is 13.2. The van der Waals surface area contributed by atoms with Crippen molar-refractivity contribution in [2.24, 2.45) is 0 Å². The lowest BCUT2D eigenvalue weighted by Crippen LogP contribution is -2.35. The molecule has 8 heteroatoms. The Labute approximate surface area is 170 Å². The lowest BCUT2D eigenvalue weighted by Gasteiger charge is -2.29. The quantitative estimate of drug-likeness (QED) is 0.613. The number of carbonyl (C=O) groups excluding carboxylic acids is 1. The molecule has 1 aromatic carbocycles. The van der Waals surface area contributed by atoms with E-state index in [1.165, 1.54) is 21.8 Å². The van der Waals surface area contributed by atoms with Gasteiger partial charge in [0.1, 0.15) is 19.8 Å². The summed E-state index contributed by atoms with van der Waals surface area (Å²) in [6.45, 7) is 1.01. The zero-order valence-electron chi connectivity index (χ0n) is 15.8. The van der Waals surface area contributed by atoms with Crippen molar-refractivity contribution >= 4 is 22.3 Å². The smallest absolute Gasteiger partial charge is 0.316 e. The van der Waals surface area contributed by atoms with E-state index in [0.29, 0.717) is 35.4 Å². The van der Waals surface area contributed by atoms with Crippen molar-refractivity contribution in [1.29, 1.82) is 0 Å². The van der Waals surface area contributed by atoms with E-state index in [2.05, 4.69) is 4.98 Å². The highest BCUT2D eigenvalue weighted by Crippen LogP contribution is 2.45. The van der Waals surface area contributed by atoms with E-state index in [-0.39, 0.29) is 18.1 Å². The lowest BCUT2D eigenvalue weighted by molar-refractivity contribution is -0.152. The molecule has 2 aromatic heterocycles. The van der Waals surface area contributed by atoms with Gasteiger partial charge in [-0.2, -0.15) is 0 Å². The van der Waals surface area contributed by atoms with Gasteiger partial charge in [-0.1, -0.05) is 18.9 Å². The highest BCUT2D eigenvalue weighted by molar-refractivity contribution is 7.15. The zero-order valence-corrected chi connectivity index (χ0v) is 16.6. The third kappa shape index (κ3) is 3.17. The van der Waals surface area contributed by atoms with Gasteiger partial charge in [-0.3, -0.25) is 14.0 Å². The van der Waals surface area contributed by atoms with Gasteiger partial charge >= 0.3 is 5.97 Å². The van der Waals surface area contributed by atoms with Crippen LogP contribution < -0.4 is 15.0 Å². The van der Waals surface area contributed by atoms with Gasteiger partial charge in [0.05, 0.1) is 11.1 Å². The van der Waals surface area contributed by atoms with Crippen molar-refractivity contribution in [2.45, 2.75) is 37.7 Å². The standard InChI is InChI=1S/C21H20N2O5S/c24-18-12-15(22-20-23(18)7-10-29-20)13-28-19(25)21(5-1-2-6-21)14-3-4-16-17(11-14)27-9-8-26-16/h3-4,7,10-12H,1-2,5-6,8-9,13H2. The number of hydrogen-bond donors (Lipinski definition) is 0. The van der Waals surface area contributed by atoms with Crippen LogP contribution in [-0.2, 0) is 21.6 Å². The normalized spacial score (nSPS) is 17.4. The Hall–Kier alpha value is -2.87. The molecule has 0 spiro atoms. The molecule has 2 aliphatic rings. The number of thiazole rings is 1. The molecule has 0 radical (unpaired) electrons. The summed E-state index contributed by atoms with van der Waals surface area (Å²) in [5.41, 5.74) is 0.481. The summed E-state index contributed by atoms with van der Waals surface area (Å²) >= 11 is 1.37. The van der Waals surface area contributed by atoms with Gasteiger partial charge in [-0.15, -0.1) is 11.3 Å². The maximum atomic E-state index is 13.2. The summed E-state index contributed by atoms with van der Waals surface area (Å²) in [4.78, 5) is 30.4. The van der Waals surface area contributed by atoms with Crippen LogP contribution in [0.25, 0.3) is 4.96 Å². The average molecular weight is 412 g/mol. The largest absolute Gasteiger partial charge is 0.486 e. The Morgan fingerprint density at radius 2 is 1.97 bits per heavy atom. The van der Waals surface area contributed by atoms with Crippen molar-refractivity contribution in [2.75, 3.05) is 13.2 Å². The second-order valence-electron chi connectivity index (χ2n) is 7.37. The molecule has 0 N–H and O–H groups in total. The van der Waals surface area contributed by atoms with Crippen molar-refractivity contribution in [3.63, 3.8) is 0 Å². The third-order valence-corrected chi connectivity index (χ3v) is 6.41. The number of benzene rings is 1. The second-order valence-corrected chi connectivity index (χ2v) is 8.24. The van der Waals surface area contributed by atoms with E-state index in [1.807, 2.05) is 18.2 Å². The van der Waals surface area contributed by atoms with Crippen LogP contribution in [0.15, 0.2) is 40.6 Å². The molecule has 0 amide bonds. The third-order valence-electron chi connectivity index (χ3n) is 5.65. The fraction of sp³-hybridized carbons (Fsp3) is 0.381. The molecular weight excluding hydrogens is 392 g/mol. The summed E-state index contributed by atoms with van der Waals surface area (Å²) in [5.74, 6) is 1.10. The molecule has 0 atom stereocenters. The van der Waals surface area contributed by atoms with Crippen LogP contribution in [-0.4, -0.2) is 28.6 Å². The van der Waals surface area contributed by atoms with E-state index in [9.17, 15) is 9.59 Å². The Morgan fingerprint density at radius 3 is 2.79 bits per heavy atom. The van der Waals surface area contributed by atoms with Gasteiger partial charge in [0.25, 0.3) is 5.56 Å². The highest BCUT2D eigenvalue weighted by atomic mass is 32.1. The predicted molar refractivity (Wildman–Crippen MR) is 107 cm³/mol. The molecule has 0 saturated heterocycles. The highest BCUT2D eigenvalue weighted by Gasteiger charge is 2.44. The molecule has 3 heterocycles. The van der Waals surface area contributed by atoms with Crippen molar-refractivity contribution < 1.29 is 19.0 Å². The minimum atomic E-state index is -0.697. The van der Waals surface area contributed by atoms with Crippen LogP contribution in [0.4, 0.5) is 0 Å². The first kappa shape index (κ1) is 18.2. The summed E-state index contributed by atoms with van der Waals surface area (Å²) in [7, 11) is 0. The first-order valence-electron chi connectivity index (χ1n) is 9.69. The molecule has 1 fully saturated rings. The van der Waals surface area contributed by atoms with Gasteiger partial charge in [-0.25, -0.2) is 4.98 Å². The predicted octanol–water partition coefficient (Wildman–Crippen LogP) is 3.08. The van der Waals surface area contributed by atoms with E-state index >= 15 is 0 Å². The maximum Gasteiger partial charge on any atom is 0.316 e.